The first kappa shape index (κ1) is 21.1. The zero-order chi connectivity index (χ0) is 22.3. The number of methoxy groups -OCH3 is 1. The highest BCUT2D eigenvalue weighted by molar-refractivity contribution is 5.79. The maximum atomic E-state index is 5.19. The number of nitrogens with one attached hydrogen (secondary N) is 3. The highest BCUT2D eigenvalue weighted by atomic mass is 16.5. The molecule has 2 aromatic carbocycles. The molecule has 0 spiro atoms. The van der Waals surface area contributed by atoms with Crippen LogP contribution in [0.3, 0.4) is 0 Å². The molecule has 0 aliphatic heterocycles. The molecule has 0 atom stereocenters. The fraction of sp³-hybridized carbons (Fsp3) is 0.217. The van der Waals surface area contributed by atoms with Crippen molar-refractivity contribution in [3.8, 4) is 28.4 Å². The lowest BCUT2D eigenvalue weighted by Gasteiger charge is -2.20. The van der Waals surface area contributed by atoms with Gasteiger partial charge in [0.25, 0.3) is 0 Å². The predicted molar refractivity (Wildman–Crippen MR) is 124 cm³/mol. The van der Waals surface area contributed by atoms with E-state index in [0.717, 1.165) is 40.2 Å². The van der Waals surface area contributed by atoms with Crippen LogP contribution in [-0.4, -0.2) is 57.2 Å². The quantitative estimate of drug-likeness (QED) is 0.307. The molecule has 2 aromatic heterocycles. The molecule has 3 N–H and O–H groups in total. The normalized spacial score (nSPS) is 11.4. The van der Waals surface area contributed by atoms with Gasteiger partial charge < -0.3 is 19.9 Å². The Morgan fingerprint density at radius 1 is 1.06 bits per heavy atom. The van der Waals surface area contributed by atoms with Crippen molar-refractivity contribution in [3.63, 3.8) is 0 Å². The minimum absolute atomic E-state index is 0.466. The molecule has 4 aromatic rings. The number of H-pyrrole nitrogens is 2. The first-order chi connectivity index (χ1) is 15.7. The van der Waals surface area contributed by atoms with Crippen molar-refractivity contribution < 1.29 is 4.74 Å². The molecule has 9 nitrogen and oxygen atoms in total. The largest absolute Gasteiger partial charge is 0.497 e. The summed E-state index contributed by atoms with van der Waals surface area (Å²) >= 11 is 0. The highest BCUT2D eigenvalue weighted by Gasteiger charge is 2.12. The molecule has 9 heteroatoms. The molecule has 0 fully saturated rings. The first-order valence-electron chi connectivity index (χ1n) is 10.2. The van der Waals surface area contributed by atoms with Crippen molar-refractivity contribution in [3.05, 3.63) is 72.4 Å². The molecular weight excluding hydrogens is 404 g/mol. The van der Waals surface area contributed by atoms with Crippen LogP contribution < -0.4 is 10.1 Å². The smallest absolute Gasteiger partial charge is 0.194 e. The Morgan fingerprint density at radius 2 is 1.84 bits per heavy atom. The molecule has 32 heavy (non-hydrogen) atoms. The average molecular weight is 431 g/mol. The van der Waals surface area contributed by atoms with E-state index in [1.54, 1.807) is 14.2 Å². The van der Waals surface area contributed by atoms with Gasteiger partial charge in [0.2, 0.25) is 0 Å². The number of rotatable bonds is 7. The number of aromatic nitrogens is 5. The molecule has 0 amide bonds. The number of hydrogen-bond acceptors (Lipinski definition) is 5. The minimum atomic E-state index is 0.466. The van der Waals surface area contributed by atoms with Gasteiger partial charge in [0, 0.05) is 19.7 Å². The number of imidazole rings is 1. The molecule has 0 saturated heterocycles. The topological polar surface area (TPSA) is 107 Å². The number of hydrogen-bond donors (Lipinski definition) is 3. The van der Waals surface area contributed by atoms with Crippen molar-refractivity contribution in [1.29, 1.82) is 0 Å². The standard InChI is InChI=1S/C23H26N8O/c1-24-23(31(2)15-21-25-13-19(27-21)16-7-5-4-6-8-16)26-14-20-28-22(30-29-20)17-9-11-18(32-3)12-10-17/h4-13H,14-15H2,1-3H3,(H,24,26)(H,25,27)(H,28,29,30). The van der Waals surface area contributed by atoms with Gasteiger partial charge in [0.05, 0.1) is 32.1 Å². The van der Waals surface area contributed by atoms with Crippen molar-refractivity contribution in [2.24, 2.45) is 4.99 Å². The van der Waals surface area contributed by atoms with E-state index in [2.05, 4.69) is 47.6 Å². The Kier molecular flexibility index (Phi) is 6.45. The lowest BCUT2D eigenvalue weighted by Crippen LogP contribution is -2.38. The van der Waals surface area contributed by atoms with E-state index in [1.807, 2.05) is 60.6 Å². The summed E-state index contributed by atoms with van der Waals surface area (Å²) in [5, 5.41) is 10.6. The second-order valence-corrected chi connectivity index (χ2v) is 7.20. The van der Waals surface area contributed by atoms with Crippen LogP contribution in [0.2, 0.25) is 0 Å². The number of aliphatic imine (C=N–C) groups is 1. The van der Waals surface area contributed by atoms with Crippen LogP contribution in [0.15, 0.2) is 65.8 Å². The van der Waals surface area contributed by atoms with Crippen molar-refractivity contribution >= 4 is 5.96 Å². The third-order valence-corrected chi connectivity index (χ3v) is 4.97. The van der Waals surface area contributed by atoms with Gasteiger partial charge in [-0.05, 0) is 29.8 Å². The summed E-state index contributed by atoms with van der Waals surface area (Å²) in [5.74, 6) is 3.73. The van der Waals surface area contributed by atoms with E-state index >= 15 is 0 Å². The first-order valence-corrected chi connectivity index (χ1v) is 10.2. The van der Waals surface area contributed by atoms with Crippen LogP contribution in [0.5, 0.6) is 5.75 Å². The van der Waals surface area contributed by atoms with E-state index in [0.29, 0.717) is 18.9 Å². The van der Waals surface area contributed by atoms with Gasteiger partial charge in [-0.25, -0.2) is 9.97 Å². The minimum Gasteiger partial charge on any atom is -0.497 e. The summed E-state index contributed by atoms with van der Waals surface area (Å²) in [7, 11) is 5.35. The lowest BCUT2D eigenvalue weighted by atomic mass is 10.2. The van der Waals surface area contributed by atoms with Crippen LogP contribution in [0.4, 0.5) is 0 Å². The molecule has 0 aliphatic rings. The Bertz CT molecular complexity index is 1160. The van der Waals surface area contributed by atoms with E-state index < -0.39 is 0 Å². The molecule has 0 bridgehead atoms. The zero-order valence-corrected chi connectivity index (χ0v) is 18.3. The molecule has 2 heterocycles. The summed E-state index contributed by atoms with van der Waals surface area (Å²) in [4.78, 5) is 18.8. The van der Waals surface area contributed by atoms with Crippen LogP contribution in [0, 0.1) is 0 Å². The van der Waals surface area contributed by atoms with Crippen molar-refractivity contribution in [1.82, 2.24) is 35.4 Å². The summed E-state index contributed by atoms with van der Waals surface area (Å²) in [5.41, 5.74) is 3.01. The summed E-state index contributed by atoms with van der Waals surface area (Å²) in [6.45, 7) is 1.05. The maximum Gasteiger partial charge on any atom is 0.194 e. The summed E-state index contributed by atoms with van der Waals surface area (Å²) < 4.78 is 5.19. The van der Waals surface area contributed by atoms with Crippen LogP contribution >= 0.6 is 0 Å². The van der Waals surface area contributed by atoms with Crippen LogP contribution in [0.1, 0.15) is 11.6 Å². The highest BCUT2D eigenvalue weighted by Crippen LogP contribution is 2.19. The number of ether oxygens (including phenoxy) is 1. The summed E-state index contributed by atoms with van der Waals surface area (Å²) in [6, 6.07) is 17.8. The number of nitrogens with zero attached hydrogens (tertiary/aromatic N) is 5. The Labute approximate surface area is 186 Å². The SMILES string of the molecule is CN=C(NCc1nc(-c2ccc(OC)cc2)n[nH]1)N(C)Cc1ncc(-c2ccccc2)[nH]1. The average Bonchev–Trinajstić information content (AvgIpc) is 3.50. The molecule has 4 rings (SSSR count). The third kappa shape index (κ3) is 4.94. The zero-order valence-electron chi connectivity index (χ0n) is 18.3. The van der Waals surface area contributed by atoms with E-state index in [9.17, 15) is 0 Å². The molecular formula is C23H26N8O. The fourth-order valence-electron chi connectivity index (χ4n) is 3.30. The number of guanidine groups is 1. The van der Waals surface area contributed by atoms with Gasteiger partial charge >= 0.3 is 0 Å². The second-order valence-electron chi connectivity index (χ2n) is 7.20. The van der Waals surface area contributed by atoms with E-state index in [-0.39, 0.29) is 0 Å². The van der Waals surface area contributed by atoms with E-state index in [1.165, 1.54) is 0 Å². The molecule has 0 aliphatic carbocycles. The second kappa shape index (κ2) is 9.78. The van der Waals surface area contributed by atoms with Gasteiger partial charge in [-0.3, -0.25) is 10.1 Å². The Balaban J connectivity index is 1.34. The third-order valence-electron chi connectivity index (χ3n) is 4.97. The molecule has 0 saturated carbocycles. The number of aromatic amines is 2. The van der Waals surface area contributed by atoms with Gasteiger partial charge in [-0.15, -0.1) is 0 Å². The lowest BCUT2D eigenvalue weighted by molar-refractivity contribution is 0.415. The maximum absolute atomic E-state index is 5.19. The molecule has 164 valence electrons. The Morgan fingerprint density at radius 3 is 2.56 bits per heavy atom. The van der Waals surface area contributed by atoms with Crippen molar-refractivity contribution in [2.45, 2.75) is 13.1 Å². The van der Waals surface area contributed by atoms with Crippen LogP contribution in [-0.2, 0) is 13.1 Å². The van der Waals surface area contributed by atoms with Gasteiger partial charge in [0.1, 0.15) is 17.4 Å². The molecule has 0 unspecified atom stereocenters. The fourth-order valence-corrected chi connectivity index (χ4v) is 3.30. The van der Waals surface area contributed by atoms with Gasteiger partial charge in [0.15, 0.2) is 11.8 Å². The monoisotopic (exact) mass is 430 g/mol. The van der Waals surface area contributed by atoms with Crippen molar-refractivity contribution in [2.75, 3.05) is 21.2 Å². The molecule has 0 radical (unpaired) electrons. The van der Waals surface area contributed by atoms with Gasteiger partial charge in [-0.2, -0.15) is 5.10 Å². The van der Waals surface area contributed by atoms with Gasteiger partial charge in [-0.1, -0.05) is 30.3 Å². The predicted octanol–water partition coefficient (Wildman–Crippen LogP) is 3.08. The summed E-state index contributed by atoms with van der Waals surface area (Å²) in [6.07, 6.45) is 1.85. The van der Waals surface area contributed by atoms with E-state index in [4.69, 9.17) is 4.74 Å². The number of benzene rings is 2. The Hall–Kier alpha value is -4.14. The van der Waals surface area contributed by atoms with Crippen LogP contribution in [0.25, 0.3) is 22.6 Å².